The minimum Gasteiger partial charge on any atom is -0.465 e. The van der Waals surface area contributed by atoms with E-state index in [1.54, 1.807) is 48.8 Å². The number of hydrogen-bond acceptors (Lipinski definition) is 8. The summed E-state index contributed by atoms with van der Waals surface area (Å²) in [6.45, 7) is 3.45. The average molecular weight is 622 g/mol. The normalized spacial score (nSPS) is 17.5. The number of aromatic nitrogens is 3. The second kappa shape index (κ2) is 12.2. The van der Waals surface area contributed by atoms with Gasteiger partial charge in [-0.15, -0.1) is 0 Å². The molecule has 44 heavy (non-hydrogen) atoms. The first-order chi connectivity index (χ1) is 21.2. The number of aryl methyl sites for hydroxylation is 1. The van der Waals surface area contributed by atoms with Gasteiger partial charge in [0.1, 0.15) is 11.6 Å². The van der Waals surface area contributed by atoms with Crippen LogP contribution in [0, 0.1) is 12.7 Å². The van der Waals surface area contributed by atoms with Gasteiger partial charge in [-0.05, 0) is 68.5 Å². The van der Waals surface area contributed by atoms with E-state index in [1.807, 2.05) is 6.92 Å². The largest absolute Gasteiger partial charge is 0.465 e. The zero-order valence-corrected chi connectivity index (χ0v) is 24.8. The summed E-state index contributed by atoms with van der Waals surface area (Å²) in [6, 6.07) is 11.3. The Morgan fingerprint density at radius 3 is 2.61 bits per heavy atom. The number of hydrogen-bond donors (Lipinski definition) is 3. The summed E-state index contributed by atoms with van der Waals surface area (Å²) >= 11 is 0. The van der Waals surface area contributed by atoms with E-state index < -0.39 is 22.1 Å². The van der Waals surface area contributed by atoms with Crippen LogP contribution in [-0.4, -0.2) is 76.0 Å². The third kappa shape index (κ3) is 6.08. The summed E-state index contributed by atoms with van der Waals surface area (Å²) in [5, 5.41) is 13.5. The Morgan fingerprint density at radius 2 is 1.82 bits per heavy atom. The van der Waals surface area contributed by atoms with Gasteiger partial charge in [0.25, 0.3) is 0 Å². The Kier molecular flexibility index (Phi) is 8.19. The van der Waals surface area contributed by atoms with Gasteiger partial charge < -0.3 is 20.1 Å². The summed E-state index contributed by atoms with van der Waals surface area (Å²) < 4.78 is 51.3. The van der Waals surface area contributed by atoms with Crippen molar-refractivity contribution in [3.05, 3.63) is 66.2 Å². The van der Waals surface area contributed by atoms with E-state index in [1.165, 1.54) is 15.3 Å². The minimum atomic E-state index is -3.94. The Bertz CT molecular complexity index is 1820. The van der Waals surface area contributed by atoms with Gasteiger partial charge in [0.05, 0.1) is 16.9 Å². The topological polar surface area (TPSA) is 150 Å². The molecule has 0 radical (unpaired) electrons. The minimum absolute atomic E-state index is 0.129. The molecule has 230 valence electrons. The number of fused-ring (bicyclic) bond motifs is 1. The molecule has 4 heterocycles. The molecule has 0 spiro atoms. The molecule has 1 atom stereocenters. The smallest absolute Gasteiger partial charge is 0.407 e. The molecule has 14 heteroatoms. The van der Waals surface area contributed by atoms with Crippen molar-refractivity contribution in [3.63, 3.8) is 0 Å². The summed E-state index contributed by atoms with van der Waals surface area (Å²) in [5.41, 5.74) is 1.69. The number of benzene rings is 2. The van der Waals surface area contributed by atoms with Gasteiger partial charge in [-0.2, -0.15) is 12.7 Å². The molecule has 12 nitrogen and oxygen atoms in total. The number of piperidine rings is 1. The average Bonchev–Trinajstić information content (AvgIpc) is 3.57. The molecule has 2 aliphatic rings. The Morgan fingerprint density at radius 1 is 1.02 bits per heavy atom. The van der Waals surface area contributed by atoms with E-state index in [-0.39, 0.29) is 17.6 Å². The number of anilines is 2. The van der Waals surface area contributed by atoms with Crippen molar-refractivity contribution in [3.8, 4) is 22.9 Å². The number of halogens is 1. The van der Waals surface area contributed by atoms with Gasteiger partial charge in [-0.1, -0.05) is 12.1 Å². The quantitative estimate of drug-likeness (QED) is 0.240. The van der Waals surface area contributed by atoms with Crippen molar-refractivity contribution in [2.45, 2.75) is 38.6 Å². The van der Waals surface area contributed by atoms with Crippen LogP contribution < -0.4 is 14.8 Å². The third-order valence-electron chi connectivity index (χ3n) is 7.86. The lowest BCUT2D eigenvalue weighted by Crippen LogP contribution is -2.44. The first kappa shape index (κ1) is 29.5. The first-order valence-electron chi connectivity index (χ1n) is 14.4. The van der Waals surface area contributed by atoms with Crippen LogP contribution in [0.5, 0.6) is 11.6 Å². The SMILES string of the molecule is Cc1ccc2c(NS(=O)(=O)N3CCCC3)c(F)ccc2c1Oc1ncccc1-c1ccnc(N[C@H]2CCCN(C(=O)O)C2)n1. The molecular weight excluding hydrogens is 589 g/mol. The van der Waals surface area contributed by atoms with Gasteiger partial charge in [-0.25, -0.2) is 24.1 Å². The predicted octanol–water partition coefficient (Wildman–Crippen LogP) is 5.24. The monoisotopic (exact) mass is 621 g/mol. The molecule has 2 aromatic heterocycles. The summed E-state index contributed by atoms with van der Waals surface area (Å²) in [7, 11) is -3.94. The maximum atomic E-state index is 15.1. The number of carboxylic acid groups (broad SMARTS) is 1. The van der Waals surface area contributed by atoms with Crippen molar-refractivity contribution in [2.24, 2.45) is 0 Å². The van der Waals surface area contributed by atoms with E-state index >= 15 is 4.39 Å². The van der Waals surface area contributed by atoms with E-state index in [4.69, 9.17) is 4.74 Å². The van der Waals surface area contributed by atoms with Gasteiger partial charge in [0.2, 0.25) is 11.8 Å². The van der Waals surface area contributed by atoms with Crippen LogP contribution in [-0.2, 0) is 10.2 Å². The molecule has 4 aromatic rings. The van der Waals surface area contributed by atoms with E-state index in [9.17, 15) is 18.3 Å². The van der Waals surface area contributed by atoms with Crippen molar-refractivity contribution in [1.82, 2.24) is 24.2 Å². The number of likely N-dealkylation sites (tertiary alicyclic amines) is 1. The number of amides is 1. The standard InChI is InChI=1S/C30H32FN7O5S/c1-19-8-9-21-22(10-11-24(31)26(21)36-44(41,42)38-16-2-3-17-38)27(19)43-28-23(7-4-13-32-28)25-12-14-33-29(35-25)34-20-6-5-15-37(18-20)30(39)40/h4,7-14,20,36H,2-3,5-6,15-18H2,1H3,(H,39,40)(H,33,34,35)/t20-/m0/s1. The molecular formula is C30H32FN7O5S. The molecule has 2 aliphatic heterocycles. The number of rotatable bonds is 8. The molecule has 1 amide bonds. The summed E-state index contributed by atoms with van der Waals surface area (Å²) in [5.74, 6) is 0.291. The highest BCUT2D eigenvalue weighted by atomic mass is 32.2. The van der Waals surface area contributed by atoms with Crippen molar-refractivity contribution in [1.29, 1.82) is 0 Å². The maximum absolute atomic E-state index is 15.1. The highest BCUT2D eigenvalue weighted by Crippen LogP contribution is 2.40. The fourth-order valence-electron chi connectivity index (χ4n) is 5.61. The zero-order valence-electron chi connectivity index (χ0n) is 24.0. The van der Waals surface area contributed by atoms with Crippen LogP contribution in [0.25, 0.3) is 22.0 Å². The first-order valence-corrected chi connectivity index (χ1v) is 15.8. The Labute approximate surface area is 254 Å². The molecule has 0 unspecified atom stereocenters. The summed E-state index contributed by atoms with van der Waals surface area (Å²) in [4.78, 5) is 26.2. The molecule has 0 aliphatic carbocycles. The number of pyridine rings is 1. The van der Waals surface area contributed by atoms with Gasteiger partial charge in [0.15, 0.2) is 0 Å². The molecule has 0 bridgehead atoms. The lowest BCUT2D eigenvalue weighted by Gasteiger charge is -2.31. The van der Waals surface area contributed by atoms with E-state index in [2.05, 4.69) is 25.0 Å². The number of ether oxygens (including phenoxy) is 1. The van der Waals surface area contributed by atoms with Crippen LogP contribution in [0.1, 0.15) is 31.2 Å². The lowest BCUT2D eigenvalue weighted by molar-refractivity contribution is 0.132. The van der Waals surface area contributed by atoms with Crippen LogP contribution in [0.2, 0.25) is 0 Å². The molecule has 3 N–H and O–H groups in total. The second-order valence-corrected chi connectivity index (χ2v) is 12.5. The van der Waals surface area contributed by atoms with E-state index in [0.29, 0.717) is 59.9 Å². The molecule has 0 saturated carbocycles. The van der Waals surface area contributed by atoms with Crippen molar-refractivity contribution in [2.75, 3.05) is 36.2 Å². The predicted molar refractivity (Wildman–Crippen MR) is 164 cm³/mol. The van der Waals surface area contributed by atoms with Crippen LogP contribution >= 0.6 is 0 Å². The van der Waals surface area contributed by atoms with Crippen LogP contribution in [0.15, 0.2) is 54.9 Å². The summed E-state index contributed by atoms with van der Waals surface area (Å²) in [6.07, 6.45) is 5.27. The Hall–Kier alpha value is -4.56. The number of nitrogens with zero attached hydrogens (tertiary/aromatic N) is 5. The van der Waals surface area contributed by atoms with Gasteiger partial charge >= 0.3 is 16.3 Å². The maximum Gasteiger partial charge on any atom is 0.407 e. The van der Waals surface area contributed by atoms with E-state index in [0.717, 1.165) is 31.2 Å². The number of nitrogens with one attached hydrogen (secondary N) is 2. The van der Waals surface area contributed by atoms with Crippen LogP contribution in [0.4, 0.5) is 20.8 Å². The highest BCUT2D eigenvalue weighted by molar-refractivity contribution is 7.90. The molecule has 2 aromatic carbocycles. The van der Waals surface area contributed by atoms with Crippen molar-refractivity contribution < 1.29 is 27.4 Å². The Balaban J connectivity index is 1.31. The highest BCUT2D eigenvalue weighted by Gasteiger charge is 2.28. The molecule has 6 rings (SSSR count). The van der Waals surface area contributed by atoms with Crippen LogP contribution in [0.3, 0.4) is 0 Å². The molecule has 2 fully saturated rings. The fraction of sp³-hybridized carbons (Fsp3) is 0.333. The molecule has 2 saturated heterocycles. The number of carbonyl (C=O) groups is 1. The lowest BCUT2D eigenvalue weighted by atomic mass is 10.0. The van der Waals surface area contributed by atoms with Gasteiger partial charge in [-0.3, -0.25) is 4.72 Å². The second-order valence-electron chi connectivity index (χ2n) is 10.9. The van der Waals surface area contributed by atoms with Gasteiger partial charge in [0, 0.05) is 55.4 Å². The van der Waals surface area contributed by atoms with Crippen molar-refractivity contribution >= 4 is 38.7 Å². The zero-order chi connectivity index (χ0) is 30.8. The third-order valence-corrected chi connectivity index (χ3v) is 9.37. The fourth-order valence-corrected chi connectivity index (χ4v) is 6.95.